The lowest BCUT2D eigenvalue weighted by Gasteiger charge is -2.77. The Hall–Kier alpha value is -2.95. The first-order chi connectivity index (χ1) is 16.9. The van der Waals surface area contributed by atoms with Crippen LogP contribution in [0.3, 0.4) is 0 Å². The van der Waals surface area contributed by atoms with Gasteiger partial charge in [0, 0.05) is 30.7 Å². The van der Waals surface area contributed by atoms with Crippen molar-refractivity contribution in [3.63, 3.8) is 0 Å². The second kappa shape index (κ2) is 7.53. The smallest absolute Gasteiger partial charge is 0.410 e. The van der Waals surface area contributed by atoms with Gasteiger partial charge in [-0.25, -0.2) is 27.6 Å². The first-order valence-electron chi connectivity index (χ1n) is 12.2. The van der Waals surface area contributed by atoms with Crippen molar-refractivity contribution in [2.75, 3.05) is 17.7 Å². The summed E-state index contributed by atoms with van der Waals surface area (Å²) in [5.41, 5.74) is 0.499. The molecule has 2 aromatic rings. The molecule has 0 N–H and O–H groups in total. The summed E-state index contributed by atoms with van der Waals surface area (Å²) in [6, 6.07) is 4.17. The molecule has 1 saturated heterocycles. The number of halogens is 1. The Balaban J connectivity index is 1.20. The summed E-state index contributed by atoms with van der Waals surface area (Å²) in [6.45, 7) is 6.09. The number of fused-ring (bicyclic) bond motifs is 1. The Labute approximate surface area is 209 Å². The molecule has 4 atom stereocenters. The van der Waals surface area contributed by atoms with Gasteiger partial charge in [0.2, 0.25) is 5.88 Å². The van der Waals surface area contributed by atoms with Gasteiger partial charge in [0.1, 0.15) is 29.7 Å². The maximum Gasteiger partial charge on any atom is 0.410 e. The minimum atomic E-state index is -3.51. The summed E-state index contributed by atoms with van der Waals surface area (Å²) < 4.78 is 50.5. The molecular formula is C25H29FN4O5S. The quantitative estimate of drug-likeness (QED) is 0.607. The molecule has 9 nitrogen and oxygen atoms in total. The molecule has 1 aromatic heterocycles. The van der Waals surface area contributed by atoms with E-state index in [2.05, 4.69) is 9.97 Å². The average molecular weight is 517 g/mol. The molecule has 3 heterocycles. The van der Waals surface area contributed by atoms with Gasteiger partial charge >= 0.3 is 6.09 Å². The number of anilines is 2. The fraction of sp³-hybridized carbons (Fsp3) is 0.560. The molecule has 2 aliphatic heterocycles. The van der Waals surface area contributed by atoms with E-state index in [0.29, 0.717) is 24.7 Å². The van der Waals surface area contributed by atoms with E-state index in [0.717, 1.165) is 37.1 Å². The molecule has 192 valence electrons. The van der Waals surface area contributed by atoms with Crippen molar-refractivity contribution in [1.29, 1.82) is 0 Å². The van der Waals surface area contributed by atoms with E-state index >= 15 is 0 Å². The normalized spacial score (nSPS) is 28.2. The number of benzene rings is 1. The van der Waals surface area contributed by atoms with E-state index in [9.17, 15) is 17.6 Å². The minimum absolute atomic E-state index is 0.0411. The number of hydrogen-bond donors (Lipinski definition) is 0. The second-order valence-corrected chi connectivity index (χ2v) is 13.2. The van der Waals surface area contributed by atoms with Gasteiger partial charge in [-0.2, -0.15) is 0 Å². The molecule has 4 aliphatic rings. The van der Waals surface area contributed by atoms with Crippen molar-refractivity contribution in [1.82, 2.24) is 14.9 Å². The molecule has 11 heteroatoms. The van der Waals surface area contributed by atoms with E-state index in [1.165, 1.54) is 18.5 Å². The molecule has 3 fully saturated rings. The minimum Gasteiger partial charge on any atom is -0.473 e. The number of ether oxygens (including phenoxy) is 2. The van der Waals surface area contributed by atoms with Crippen LogP contribution in [0.4, 0.5) is 20.7 Å². The topological polar surface area (TPSA) is 102 Å². The van der Waals surface area contributed by atoms with Crippen LogP contribution >= 0.6 is 0 Å². The van der Waals surface area contributed by atoms with E-state index < -0.39 is 21.3 Å². The SMILES string of the molecule is CC(C)(C)OC(=O)N1C2CCC23C1C[C@@H]3Oc1ncnc2c1CCN2c1ccc(S(C)(=O)=O)cc1F. The Kier molecular flexibility index (Phi) is 4.91. The third-order valence-electron chi connectivity index (χ3n) is 8.02. The molecular weight excluding hydrogens is 487 g/mol. The van der Waals surface area contributed by atoms with Crippen LogP contribution in [0.15, 0.2) is 29.4 Å². The number of nitrogens with zero attached hydrogens (tertiary/aromatic N) is 4. The van der Waals surface area contributed by atoms with Crippen LogP contribution in [-0.4, -0.2) is 66.0 Å². The number of carbonyl (C=O) groups excluding carboxylic acids is 1. The molecule has 2 saturated carbocycles. The fourth-order valence-corrected chi connectivity index (χ4v) is 6.91. The van der Waals surface area contributed by atoms with E-state index in [4.69, 9.17) is 9.47 Å². The molecule has 6 rings (SSSR count). The highest BCUT2D eigenvalue weighted by molar-refractivity contribution is 7.90. The first-order valence-corrected chi connectivity index (χ1v) is 14.1. The molecule has 1 amide bonds. The lowest BCUT2D eigenvalue weighted by atomic mass is 9.41. The van der Waals surface area contributed by atoms with Crippen molar-refractivity contribution in [3.8, 4) is 5.88 Å². The van der Waals surface area contributed by atoms with E-state index in [1.54, 1.807) is 4.90 Å². The van der Waals surface area contributed by atoms with Crippen molar-refractivity contribution in [2.24, 2.45) is 5.41 Å². The van der Waals surface area contributed by atoms with Gasteiger partial charge in [-0.3, -0.25) is 0 Å². The van der Waals surface area contributed by atoms with Crippen LogP contribution in [-0.2, 0) is 21.0 Å². The van der Waals surface area contributed by atoms with Crippen molar-refractivity contribution in [3.05, 3.63) is 35.9 Å². The molecule has 1 aromatic carbocycles. The number of piperidine rings is 2. The third kappa shape index (κ3) is 3.31. The highest BCUT2D eigenvalue weighted by Gasteiger charge is 2.78. The third-order valence-corrected chi connectivity index (χ3v) is 9.13. The number of hydrogen-bond acceptors (Lipinski definition) is 8. The van der Waals surface area contributed by atoms with Crippen LogP contribution in [0.2, 0.25) is 0 Å². The van der Waals surface area contributed by atoms with E-state index in [1.807, 2.05) is 25.7 Å². The highest BCUT2D eigenvalue weighted by atomic mass is 32.2. The van der Waals surface area contributed by atoms with Gasteiger partial charge in [-0.1, -0.05) is 0 Å². The largest absolute Gasteiger partial charge is 0.473 e. The van der Waals surface area contributed by atoms with Gasteiger partial charge in [-0.15, -0.1) is 0 Å². The molecule has 0 bridgehead atoms. The standard InChI is InChI=1S/C25H29FN4O5S/c1-24(2,3)35-23(31)30-18-7-9-25(18)19(30)12-20(25)34-22-15-8-10-29(21(15)27-13-28-22)17-6-5-14(11-16(17)26)36(4,32)33/h5-6,11,13,18-20H,7-10,12H2,1-4H3/t18?,19?,20-,25?/m0/s1. The number of aromatic nitrogens is 2. The number of carbonyl (C=O) groups is 1. The fourth-order valence-electron chi connectivity index (χ4n) is 6.28. The number of likely N-dealkylation sites (tertiary alicyclic amines) is 1. The Morgan fingerprint density at radius 3 is 2.61 bits per heavy atom. The predicted octanol–water partition coefficient (Wildman–Crippen LogP) is 3.63. The summed E-state index contributed by atoms with van der Waals surface area (Å²) in [5.74, 6) is 0.435. The molecule has 1 spiro atoms. The lowest BCUT2D eigenvalue weighted by Crippen LogP contribution is -2.88. The zero-order valence-electron chi connectivity index (χ0n) is 20.7. The van der Waals surface area contributed by atoms with Gasteiger partial charge in [0.25, 0.3) is 0 Å². The Morgan fingerprint density at radius 2 is 2.00 bits per heavy atom. The zero-order valence-corrected chi connectivity index (χ0v) is 21.5. The van der Waals surface area contributed by atoms with Crippen molar-refractivity contribution in [2.45, 2.75) is 75.1 Å². The summed E-state index contributed by atoms with van der Waals surface area (Å²) in [4.78, 5) is 25.0. The van der Waals surface area contributed by atoms with Crippen molar-refractivity contribution >= 4 is 27.4 Å². The highest BCUT2D eigenvalue weighted by Crippen LogP contribution is 2.69. The van der Waals surface area contributed by atoms with Gasteiger partial charge in [0.05, 0.1) is 22.2 Å². The summed E-state index contributed by atoms with van der Waals surface area (Å²) in [7, 11) is -3.51. The molecule has 36 heavy (non-hydrogen) atoms. The summed E-state index contributed by atoms with van der Waals surface area (Å²) in [6.07, 6.45) is 5.41. The Morgan fingerprint density at radius 1 is 1.22 bits per heavy atom. The number of sulfone groups is 1. The first kappa shape index (κ1) is 23.4. The van der Waals surface area contributed by atoms with Gasteiger partial charge < -0.3 is 19.3 Å². The Bertz CT molecular complexity index is 1370. The van der Waals surface area contributed by atoms with Gasteiger partial charge in [-0.05, 0) is 58.2 Å². The maximum absolute atomic E-state index is 14.9. The van der Waals surface area contributed by atoms with Crippen LogP contribution in [0.5, 0.6) is 5.88 Å². The predicted molar refractivity (Wildman–Crippen MR) is 129 cm³/mol. The molecule has 3 unspecified atom stereocenters. The van der Waals surface area contributed by atoms with Crippen LogP contribution < -0.4 is 9.64 Å². The zero-order chi connectivity index (χ0) is 25.6. The average Bonchev–Trinajstić information content (AvgIpc) is 3.17. The molecule has 2 aliphatic carbocycles. The number of amides is 1. The maximum atomic E-state index is 14.9. The van der Waals surface area contributed by atoms with Crippen LogP contribution in [0, 0.1) is 11.2 Å². The second-order valence-electron chi connectivity index (χ2n) is 11.2. The van der Waals surface area contributed by atoms with Crippen LogP contribution in [0.25, 0.3) is 0 Å². The number of rotatable bonds is 4. The monoisotopic (exact) mass is 516 g/mol. The summed E-state index contributed by atoms with van der Waals surface area (Å²) >= 11 is 0. The van der Waals surface area contributed by atoms with Crippen molar-refractivity contribution < 1.29 is 27.1 Å². The van der Waals surface area contributed by atoms with E-state index in [-0.39, 0.29) is 40.3 Å². The lowest BCUT2D eigenvalue weighted by molar-refractivity contribution is -0.299. The van der Waals surface area contributed by atoms with Crippen LogP contribution in [0.1, 0.15) is 45.6 Å². The molecule has 0 radical (unpaired) electrons. The summed E-state index contributed by atoms with van der Waals surface area (Å²) in [5, 5.41) is 0. The van der Waals surface area contributed by atoms with Gasteiger partial charge in [0.15, 0.2) is 9.84 Å².